The molecule has 1 N–H and O–H groups in total. The molecule has 0 amide bonds. The van der Waals surface area contributed by atoms with E-state index in [9.17, 15) is 0 Å². The number of nitrogens with one attached hydrogen (secondary N) is 1. The maximum Gasteiger partial charge on any atom is 0.137 e. The van der Waals surface area contributed by atoms with Gasteiger partial charge in [0, 0.05) is 19.9 Å². The number of nitrogens with zero attached hydrogens (tertiary/aromatic N) is 1. The van der Waals surface area contributed by atoms with Crippen LogP contribution >= 0.6 is 12.2 Å². The number of rotatable bonds is 5. The molecule has 1 heterocycles. The van der Waals surface area contributed by atoms with Gasteiger partial charge in [-0.05, 0) is 24.8 Å². The Morgan fingerprint density at radius 2 is 2.11 bits per heavy atom. The van der Waals surface area contributed by atoms with Gasteiger partial charge in [0.1, 0.15) is 16.6 Å². The molecule has 1 saturated carbocycles. The van der Waals surface area contributed by atoms with E-state index in [1.54, 1.807) is 14.2 Å². The lowest BCUT2D eigenvalue weighted by molar-refractivity contribution is 0.0284. The van der Waals surface area contributed by atoms with Crippen molar-refractivity contribution in [2.24, 2.45) is 5.92 Å². The molecule has 1 aliphatic rings. The SMILES string of the molecule is COCc1cc(=S)nc(C(OC)C2CCCCC2)[nH]1. The summed E-state index contributed by atoms with van der Waals surface area (Å²) in [6.07, 6.45) is 6.32. The molecule has 1 atom stereocenters. The fourth-order valence-corrected chi connectivity index (χ4v) is 3.10. The second kappa shape index (κ2) is 7.12. The fourth-order valence-electron chi connectivity index (χ4n) is 2.86. The van der Waals surface area contributed by atoms with Crippen LogP contribution in [0, 0.1) is 10.6 Å². The average molecular weight is 282 g/mol. The number of hydrogen-bond donors (Lipinski definition) is 1. The third kappa shape index (κ3) is 3.84. The van der Waals surface area contributed by atoms with Gasteiger partial charge in [0.25, 0.3) is 0 Å². The van der Waals surface area contributed by atoms with E-state index in [4.69, 9.17) is 21.7 Å². The predicted octanol–water partition coefficient (Wildman–Crippen LogP) is 3.55. The minimum Gasteiger partial charge on any atom is -0.378 e. The van der Waals surface area contributed by atoms with Crippen molar-refractivity contribution in [3.63, 3.8) is 0 Å². The van der Waals surface area contributed by atoms with E-state index in [0.717, 1.165) is 11.5 Å². The van der Waals surface area contributed by atoms with Gasteiger partial charge in [0.05, 0.1) is 6.61 Å². The van der Waals surface area contributed by atoms with Gasteiger partial charge in [-0.3, -0.25) is 0 Å². The van der Waals surface area contributed by atoms with Crippen LogP contribution in [0.5, 0.6) is 0 Å². The van der Waals surface area contributed by atoms with E-state index in [-0.39, 0.29) is 6.10 Å². The Morgan fingerprint density at radius 1 is 1.37 bits per heavy atom. The maximum atomic E-state index is 5.68. The number of methoxy groups -OCH3 is 2. The maximum absolute atomic E-state index is 5.68. The highest BCUT2D eigenvalue weighted by Gasteiger charge is 2.26. The van der Waals surface area contributed by atoms with Crippen LogP contribution in [0.3, 0.4) is 0 Å². The minimum atomic E-state index is 0.0128. The highest BCUT2D eigenvalue weighted by molar-refractivity contribution is 7.71. The van der Waals surface area contributed by atoms with Gasteiger partial charge in [-0.25, -0.2) is 4.98 Å². The van der Waals surface area contributed by atoms with Crippen molar-refractivity contribution in [2.75, 3.05) is 14.2 Å². The molecule has 0 radical (unpaired) electrons. The second-order valence-electron chi connectivity index (χ2n) is 5.12. The van der Waals surface area contributed by atoms with Crippen molar-refractivity contribution in [1.29, 1.82) is 0 Å². The van der Waals surface area contributed by atoms with E-state index in [0.29, 0.717) is 17.2 Å². The average Bonchev–Trinajstić information content (AvgIpc) is 2.40. The quantitative estimate of drug-likeness (QED) is 0.839. The molecule has 1 aromatic heterocycles. The van der Waals surface area contributed by atoms with Gasteiger partial charge in [-0.15, -0.1) is 0 Å². The zero-order valence-electron chi connectivity index (χ0n) is 11.6. The smallest absolute Gasteiger partial charge is 0.137 e. The van der Waals surface area contributed by atoms with E-state index >= 15 is 0 Å². The van der Waals surface area contributed by atoms with Crippen molar-refractivity contribution in [1.82, 2.24) is 9.97 Å². The number of aromatic nitrogens is 2. The summed E-state index contributed by atoms with van der Waals surface area (Å²) < 4.78 is 11.4. The van der Waals surface area contributed by atoms with Crippen LogP contribution in [0.25, 0.3) is 0 Å². The van der Waals surface area contributed by atoms with Crippen molar-refractivity contribution in [3.8, 4) is 0 Å². The Hall–Kier alpha value is -0.780. The van der Waals surface area contributed by atoms with Crippen molar-refractivity contribution >= 4 is 12.2 Å². The Bertz CT molecular complexity index is 455. The normalized spacial score (nSPS) is 18.4. The number of H-pyrrole nitrogens is 1. The fraction of sp³-hybridized carbons (Fsp3) is 0.714. The van der Waals surface area contributed by atoms with E-state index in [1.165, 1.54) is 32.1 Å². The summed E-state index contributed by atoms with van der Waals surface area (Å²) >= 11 is 5.23. The molecule has 1 fully saturated rings. The monoisotopic (exact) mass is 282 g/mol. The third-order valence-corrected chi connectivity index (χ3v) is 3.93. The first-order chi connectivity index (χ1) is 9.24. The molecule has 1 unspecified atom stereocenters. The molecule has 0 saturated heterocycles. The zero-order valence-corrected chi connectivity index (χ0v) is 12.5. The molecule has 2 rings (SSSR count). The van der Waals surface area contributed by atoms with E-state index < -0.39 is 0 Å². The lowest BCUT2D eigenvalue weighted by Gasteiger charge is -2.28. The molecule has 0 aromatic carbocycles. The number of hydrogen-bond acceptors (Lipinski definition) is 4. The molecule has 106 valence electrons. The molecule has 0 bridgehead atoms. The summed E-state index contributed by atoms with van der Waals surface area (Å²) in [6, 6.07) is 1.84. The summed E-state index contributed by atoms with van der Waals surface area (Å²) in [7, 11) is 3.42. The summed E-state index contributed by atoms with van der Waals surface area (Å²) in [5.41, 5.74) is 0.954. The first kappa shape index (κ1) is 14.6. The second-order valence-corrected chi connectivity index (χ2v) is 5.54. The Balaban J connectivity index is 2.23. The van der Waals surface area contributed by atoms with Gasteiger partial charge < -0.3 is 14.5 Å². The van der Waals surface area contributed by atoms with Crippen LogP contribution in [0.2, 0.25) is 0 Å². The van der Waals surface area contributed by atoms with Crippen molar-refractivity contribution in [3.05, 3.63) is 22.2 Å². The summed E-state index contributed by atoms with van der Waals surface area (Å²) in [4.78, 5) is 7.75. The Morgan fingerprint density at radius 3 is 2.74 bits per heavy atom. The largest absolute Gasteiger partial charge is 0.378 e. The molecule has 19 heavy (non-hydrogen) atoms. The van der Waals surface area contributed by atoms with Crippen LogP contribution in [0.15, 0.2) is 6.07 Å². The van der Waals surface area contributed by atoms with Crippen LogP contribution in [-0.4, -0.2) is 24.2 Å². The lowest BCUT2D eigenvalue weighted by Crippen LogP contribution is -2.20. The zero-order chi connectivity index (χ0) is 13.7. The summed E-state index contributed by atoms with van der Waals surface area (Å²) in [5.74, 6) is 1.38. The van der Waals surface area contributed by atoms with Gasteiger partial charge in [-0.2, -0.15) is 0 Å². The minimum absolute atomic E-state index is 0.0128. The third-order valence-electron chi connectivity index (χ3n) is 3.72. The Kier molecular flexibility index (Phi) is 5.48. The van der Waals surface area contributed by atoms with Crippen molar-refractivity contribution in [2.45, 2.75) is 44.8 Å². The van der Waals surface area contributed by atoms with Crippen LogP contribution in [0.4, 0.5) is 0 Å². The van der Waals surface area contributed by atoms with Crippen LogP contribution in [0.1, 0.15) is 49.7 Å². The number of ether oxygens (including phenoxy) is 2. The highest BCUT2D eigenvalue weighted by atomic mass is 32.1. The Labute approximate surface area is 119 Å². The molecular weight excluding hydrogens is 260 g/mol. The van der Waals surface area contributed by atoms with E-state index in [2.05, 4.69) is 9.97 Å². The highest BCUT2D eigenvalue weighted by Crippen LogP contribution is 2.35. The molecule has 0 aliphatic heterocycles. The molecule has 1 aromatic rings. The first-order valence-corrected chi connectivity index (χ1v) is 7.27. The molecule has 1 aliphatic carbocycles. The summed E-state index contributed by atoms with van der Waals surface area (Å²) in [6.45, 7) is 0.514. The van der Waals surface area contributed by atoms with Crippen LogP contribution in [-0.2, 0) is 16.1 Å². The lowest BCUT2D eigenvalue weighted by atomic mass is 9.85. The topological polar surface area (TPSA) is 47.1 Å². The molecule has 5 heteroatoms. The molecular formula is C14H22N2O2S. The molecule has 0 spiro atoms. The van der Waals surface area contributed by atoms with Gasteiger partial charge >= 0.3 is 0 Å². The number of aromatic amines is 1. The summed E-state index contributed by atoms with van der Waals surface area (Å²) in [5, 5.41) is 0. The van der Waals surface area contributed by atoms with Gasteiger partial charge in [-0.1, -0.05) is 31.5 Å². The first-order valence-electron chi connectivity index (χ1n) is 6.86. The van der Waals surface area contributed by atoms with Gasteiger partial charge in [0.15, 0.2) is 0 Å². The predicted molar refractivity (Wildman–Crippen MR) is 76.5 cm³/mol. The van der Waals surface area contributed by atoms with Gasteiger partial charge in [0.2, 0.25) is 0 Å². The van der Waals surface area contributed by atoms with E-state index in [1.807, 2.05) is 6.07 Å². The van der Waals surface area contributed by atoms with Crippen molar-refractivity contribution < 1.29 is 9.47 Å². The standard InChI is InChI=1S/C14H22N2O2S/c1-17-9-11-8-12(19)16-14(15-11)13(18-2)10-6-4-3-5-7-10/h8,10,13H,3-7,9H2,1-2H3,(H,15,16,19). The molecule has 4 nitrogen and oxygen atoms in total. The van der Waals surface area contributed by atoms with Crippen LogP contribution < -0.4 is 0 Å².